The van der Waals surface area contributed by atoms with E-state index in [1.54, 1.807) is 0 Å². The second kappa shape index (κ2) is 10.6. The zero-order valence-electron chi connectivity index (χ0n) is 19.3. The van der Waals surface area contributed by atoms with Crippen LogP contribution in [0.1, 0.15) is 40.7 Å². The first kappa shape index (κ1) is 26.1. The topological polar surface area (TPSA) is 122 Å². The standard InChI is InChI=1S/C26H23F3N2O6/c27-26(28,29)22-10-9-15(31(35)36)13-20(22)24(33)23(32)11-12-30-25(34)37-14-21-18-7-3-1-5-16(18)17-6-2-4-8-19(17)21/h1-10,13,21,23-24,32-33H,11-12,14H2,(H,30,34). The van der Waals surface area contributed by atoms with Gasteiger partial charge in [0.1, 0.15) is 12.7 Å². The molecule has 1 aliphatic carbocycles. The number of hydrogen-bond acceptors (Lipinski definition) is 6. The van der Waals surface area contributed by atoms with Crippen LogP contribution in [0.25, 0.3) is 11.1 Å². The molecule has 1 aliphatic rings. The first-order valence-electron chi connectivity index (χ1n) is 11.4. The van der Waals surface area contributed by atoms with Crippen molar-refractivity contribution in [3.63, 3.8) is 0 Å². The number of nitro benzene ring substituents is 1. The number of halogens is 3. The number of rotatable bonds is 8. The van der Waals surface area contributed by atoms with E-state index in [-0.39, 0.29) is 25.5 Å². The quantitative estimate of drug-likeness (QED) is 0.288. The highest BCUT2D eigenvalue weighted by atomic mass is 19.4. The number of carbonyl (C=O) groups is 1. The van der Waals surface area contributed by atoms with Gasteiger partial charge in [-0.15, -0.1) is 0 Å². The Morgan fingerprint density at radius 3 is 2.19 bits per heavy atom. The minimum Gasteiger partial charge on any atom is -0.449 e. The van der Waals surface area contributed by atoms with Gasteiger partial charge in [0, 0.05) is 30.2 Å². The number of alkyl halides is 3. The molecule has 2 atom stereocenters. The normalized spacial score (nSPS) is 14.4. The van der Waals surface area contributed by atoms with E-state index in [1.165, 1.54) is 0 Å². The number of nitrogens with one attached hydrogen (secondary N) is 1. The first-order valence-corrected chi connectivity index (χ1v) is 11.4. The van der Waals surface area contributed by atoms with E-state index in [4.69, 9.17) is 4.74 Å². The zero-order chi connectivity index (χ0) is 26.7. The molecule has 0 aromatic heterocycles. The number of nitro groups is 1. The van der Waals surface area contributed by atoms with Crippen molar-refractivity contribution in [2.45, 2.75) is 30.7 Å². The summed E-state index contributed by atoms with van der Waals surface area (Å²) in [6, 6.07) is 17.3. The number of nitrogens with zero attached hydrogens (tertiary/aromatic N) is 1. The molecule has 11 heteroatoms. The summed E-state index contributed by atoms with van der Waals surface area (Å²) in [7, 11) is 0. The monoisotopic (exact) mass is 516 g/mol. The number of benzene rings is 3. The Kier molecular flexibility index (Phi) is 7.46. The van der Waals surface area contributed by atoms with E-state index in [1.807, 2.05) is 48.5 Å². The van der Waals surface area contributed by atoms with Crippen LogP contribution in [-0.2, 0) is 10.9 Å². The van der Waals surface area contributed by atoms with E-state index >= 15 is 0 Å². The third kappa shape index (κ3) is 5.57. The Balaban J connectivity index is 1.34. The lowest BCUT2D eigenvalue weighted by Crippen LogP contribution is -2.31. The highest BCUT2D eigenvalue weighted by molar-refractivity contribution is 5.79. The number of ether oxygens (including phenoxy) is 1. The number of amides is 1. The fraction of sp³-hybridized carbons (Fsp3) is 0.269. The highest BCUT2D eigenvalue weighted by Gasteiger charge is 2.37. The van der Waals surface area contributed by atoms with Crippen molar-refractivity contribution in [3.05, 3.63) is 99.1 Å². The molecule has 0 aliphatic heterocycles. The van der Waals surface area contributed by atoms with Gasteiger partial charge in [-0.05, 0) is 34.7 Å². The largest absolute Gasteiger partial charge is 0.449 e. The molecule has 0 saturated heterocycles. The van der Waals surface area contributed by atoms with Gasteiger partial charge in [-0.1, -0.05) is 48.5 Å². The Morgan fingerprint density at radius 1 is 1.03 bits per heavy atom. The second-order valence-corrected chi connectivity index (χ2v) is 8.58. The SMILES string of the molecule is O=C(NCCC(O)C(O)c1cc([N+](=O)[O-])ccc1C(F)(F)F)OCC1c2ccccc2-c2ccccc21. The smallest absolute Gasteiger partial charge is 0.416 e. The Labute approximate surface area is 209 Å². The lowest BCUT2D eigenvalue weighted by molar-refractivity contribution is -0.385. The second-order valence-electron chi connectivity index (χ2n) is 8.58. The van der Waals surface area contributed by atoms with Crippen molar-refractivity contribution >= 4 is 11.8 Å². The Bertz CT molecular complexity index is 1270. The predicted molar refractivity (Wildman–Crippen MR) is 127 cm³/mol. The highest BCUT2D eigenvalue weighted by Crippen LogP contribution is 2.44. The Morgan fingerprint density at radius 2 is 1.62 bits per heavy atom. The predicted octanol–water partition coefficient (Wildman–Crippen LogP) is 4.94. The molecule has 0 saturated carbocycles. The molecule has 194 valence electrons. The lowest BCUT2D eigenvalue weighted by atomic mass is 9.96. The molecule has 8 nitrogen and oxygen atoms in total. The van der Waals surface area contributed by atoms with Gasteiger partial charge >= 0.3 is 12.3 Å². The van der Waals surface area contributed by atoms with Crippen molar-refractivity contribution < 1.29 is 37.8 Å². The molecule has 4 rings (SSSR count). The summed E-state index contributed by atoms with van der Waals surface area (Å²) in [6.45, 7) is -0.168. The first-order chi connectivity index (χ1) is 17.6. The maximum atomic E-state index is 13.3. The average molecular weight is 516 g/mol. The molecule has 2 unspecified atom stereocenters. The number of hydrogen-bond donors (Lipinski definition) is 3. The van der Waals surface area contributed by atoms with Gasteiger partial charge in [0.25, 0.3) is 5.69 Å². The van der Waals surface area contributed by atoms with Gasteiger partial charge in [0.2, 0.25) is 0 Å². The molecule has 37 heavy (non-hydrogen) atoms. The number of fused-ring (bicyclic) bond motifs is 3. The van der Waals surface area contributed by atoms with Crippen LogP contribution in [0.3, 0.4) is 0 Å². The molecule has 0 heterocycles. The van der Waals surface area contributed by atoms with Crippen LogP contribution in [0.5, 0.6) is 0 Å². The van der Waals surface area contributed by atoms with E-state index in [2.05, 4.69) is 5.32 Å². The molecule has 0 radical (unpaired) electrons. The maximum absolute atomic E-state index is 13.3. The number of non-ortho nitro benzene ring substituents is 1. The van der Waals surface area contributed by atoms with Gasteiger partial charge < -0.3 is 20.3 Å². The van der Waals surface area contributed by atoms with Crippen molar-refractivity contribution in [1.29, 1.82) is 0 Å². The van der Waals surface area contributed by atoms with Gasteiger partial charge in [-0.25, -0.2) is 4.79 Å². The summed E-state index contributed by atoms with van der Waals surface area (Å²) < 4.78 is 45.3. The van der Waals surface area contributed by atoms with Crippen LogP contribution < -0.4 is 5.32 Å². The minimum absolute atomic E-state index is 0.0493. The molecular formula is C26H23F3N2O6. The van der Waals surface area contributed by atoms with Crippen LogP contribution in [0.4, 0.5) is 23.7 Å². The molecule has 0 fully saturated rings. The van der Waals surface area contributed by atoms with Crippen LogP contribution in [0, 0.1) is 10.1 Å². The molecule has 3 N–H and O–H groups in total. The third-order valence-electron chi connectivity index (χ3n) is 6.29. The molecule has 0 spiro atoms. The number of alkyl carbamates (subject to hydrolysis) is 1. The summed E-state index contributed by atoms with van der Waals surface area (Å²) in [5.74, 6) is -0.166. The van der Waals surface area contributed by atoms with E-state index in [0.29, 0.717) is 18.2 Å². The van der Waals surface area contributed by atoms with Gasteiger partial charge in [0.15, 0.2) is 0 Å². The van der Waals surface area contributed by atoms with Crippen molar-refractivity contribution in [2.24, 2.45) is 0 Å². The molecular weight excluding hydrogens is 493 g/mol. The van der Waals surface area contributed by atoms with E-state index in [0.717, 1.165) is 22.3 Å². The molecule has 0 bridgehead atoms. The van der Waals surface area contributed by atoms with E-state index < -0.39 is 46.2 Å². The molecule has 3 aromatic carbocycles. The van der Waals surface area contributed by atoms with Crippen molar-refractivity contribution in [2.75, 3.05) is 13.2 Å². The van der Waals surface area contributed by atoms with Gasteiger partial charge in [-0.3, -0.25) is 10.1 Å². The van der Waals surface area contributed by atoms with Crippen molar-refractivity contribution in [3.8, 4) is 11.1 Å². The summed E-state index contributed by atoms with van der Waals surface area (Å²) in [6.07, 6.45) is -9.83. The lowest BCUT2D eigenvalue weighted by Gasteiger charge is -2.22. The number of aliphatic hydroxyl groups is 2. The summed E-state index contributed by atoms with van der Waals surface area (Å²) in [5.41, 5.74) is 1.38. The summed E-state index contributed by atoms with van der Waals surface area (Å²) in [4.78, 5) is 22.3. The maximum Gasteiger partial charge on any atom is 0.416 e. The minimum atomic E-state index is -4.90. The fourth-order valence-corrected chi connectivity index (χ4v) is 4.50. The van der Waals surface area contributed by atoms with Crippen LogP contribution in [-0.4, -0.2) is 40.5 Å². The van der Waals surface area contributed by atoms with Gasteiger partial charge in [-0.2, -0.15) is 13.2 Å². The Hall–Kier alpha value is -3.96. The van der Waals surface area contributed by atoms with Crippen LogP contribution >= 0.6 is 0 Å². The molecule has 3 aromatic rings. The molecule has 1 amide bonds. The zero-order valence-corrected chi connectivity index (χ0v) is 19.3. The summed E-state index contributed by atoms with van der Waals surface area (Å²) >= 11 is 0. The van der Waals surface area contributed by atoms with Gasteiger partial charge in [0.05, 0.1) is 16.6 Å². The van der Waals surface area contributed by atoms with E-state index in [9.17, 15) is 38.3 Å². The van der Waals surface area contributed by atoms with Crippen molar-refractivity contribution in [1.82, 2.24) is 5.32 Å². The number of aliphatic hydroxyl groups excluding tert-OH is 2. The third-order valence-corrected chi connectivity index (χ3v) is 6.29. The van der Waals surface area contributed by atoms with Crippen LogP contribution in [0.2, 0.25) is 0 Å². The van der Waals surface area contributed by atoms with Crippen LogP contribution in [0.15, 0.2) is 66.7 Å². The fourth-order valence-electron chi connectivity index (χ4n) is 4.50. The summed E-state index contributed by atoms with van der Waals surface area (Å²) in [5, 5.41) is 33.9. The number of carbonyl (C=O) groups excluding carboxylic acids is 1. The average Bonchev–Trinajstić information content (AvgIpc) is 3.19.